The zero-order valence-electron chi connectivity index (χ0n) is 14.6. The van der Waals surface area contributed by atoms with E-state index in [1.807, 2.05) is 54.6 Å². The zero-order chi connectivity index (χ0) is 18.4. The average molecular weight is 367 g/mol. The fourth-order valence-electron chi connectivity index (χ4n) is 2.57. The minimum atomic E-state index is -0.0940. The van der Waals surface area contributed by atoms with Crippen LogP contribution in [0.2, 0.25) is 0 Å². The summed E-state index contributed by atoms with van der Waals surface area (Å²) in [6.07, 6.45) is 1.46. The van der Waals surface area contributed by atoms with E-state index in [2.05, 4.69) is 22.4 Å². The molecule has 134 valence electrons. The molecule has 1 aromatic heterocycles. The fourth-order valence-corrected chi connectivity index (χ4v) is 3.25. The van der Waals surface area contributed by atoms with E-state index < -0.39 is 0 Å². The molecule has 3 aromatic rings. The lowest BCUT2D eigenvalue weighted by Gasteiger charge is -2.09. The van der Waals surface area contributed by atoms with E-state index in [1.165, 1.54) is 16.4 Å². The number of carbonyl (C=O) groups excluding carboxylic acids is 1. The van der Waals surface area contributed by atoms with Gasteiger partial charge in [-0.05, 0) is 23.6 Å². The van der Waals surface area contributed by atoms with Crippen molar-refractivity contribution >= 4 is 23.4 Å². The highest BCUT2D eigenvalue weighted by Crippen LogP contribution is 2.19. The van der Waals surface area contributed by atoms with Crippen LogP contribution < -0.4 is 11.2 Å². The lowest BCUT2D eigenvalue weighted by atomic mass is 10.1. The number of para-hydroxylation sites is 1. The van der Waals surface area contributed by atoms with Crippen molar-refractivity contribution in [2.45, 2.75) is 24.9 Å². The number of hydrogen-bond acceptors (Lipinski definition) is 5. The summed E-state index contributed by atoms with van der Waals surface area (Å²) in [6.45, 7) is 2.06. The summed E-state index contributed by atoms with van der Waals surface area (Å²) in [5, 5.41) is 11.7. The summed E-state index contributed by atoms with van der Waals surface area (Å²) in [4.78, 5) is 12.2. The van der Waals surface area contributed by atoms with Crippen molar-refractivity contribution in [3.63, 3.8) is 0 Å². The highest BCUT2D eigenvalue weighted by atomic mass is 32.2. The molecule has 1 heterocycles. The van der Waals surface area contributed by atoms with Crippen molar-refractivity contribution < 1.29 is 4.79 Å². The zero-order valence-corrected chi connectivity index (χ0v) is 15.4. The van der Waals surface area contributed by atoms with Crippen LogP contribution >= 0.6 is 11.8 Å². The molecule has 0 bridgehead atoms. The van der Waals surface area contributed by atoms with E-state index in [0.717, 1.165) is 23.2 Å². The maximum Gasteiger partial charge on any atom is 0.234 e. The summed E-state index contributed by atoms with van der Waals surface area (Å²) in [5.41, 5.74) is 3.06. The van der Waals surface area contributed by atoms with Crippen molar-refractivity contribution in [3.8, 4) is 0 Å². The van der Waals surface area contributed by atoms with E-state index in [4.69, 9.17) is 5.84 Å². The smallest absolute Gasteiger partial charge is 0.234 e. The lowest BCUT2D eigenvalue weighted by molar-refractivity contribution is -0.113. The van der Waals surface area contributed by atoms with Gasteiger partial charge in [0, 0.05) is 12.1 Å². The van der Waals surface area contributed by atoms with Gasteiger partial charge in [0.15, 0.2) is 5.82 Å². The van der Waals surface area contributed by atoms with Gasteiger partial charge in [-0.2, -0.15) is 0 Å². The first-order valence-electron chi connectivity index (χ1n) is 8.41. The fraction of sp³-hybridized carbons (Fsp3) is 0.211. The summed E-state index contributed by atoms with van der Waals surface area (Å²) < 4.78 is 1.45. The van der Waals surface area contributed by atoms with Gasteiger partial charge in [-0.25, -0.2) is 4.68 Å². The molecule has 0 unspecified atom stereocenters. The molecule has 0 aliphatic heterocycles. The first kappa shape index (κ1) is 18.0. The Bertz CT molecular complexity index is 879. The van der Waals surface area contributed by atoms with Crippen molar-refractivity contribution in [2.24, 2.45) is 0 Å². The molecule has 3 N–H and O–H groups in total. The topological polar surface area (TPSA) is 85.8 Å². The second-order valence-electron chi connectivity index (χ2n) is 5.78. The van der Waals surface area contributed by atoms with Gasteiger partial charge >= 0.3 is 0 Å². The summed E-state index contributed by atoms with van der Waals surface area (Å²) in [5.74, 6) is 6.86. The molecule has 0 aliphatic rings. The normalized spacial score (nSPS) is 10.7. The van der Waals surface area contributed by atoms with Gasteiger partial charge in [0.25, 0.3) is 0 Å². The number of nitrogens with two attached hydrogens (primary N) is 1. The number of hydrogen-bond donors (Lipinski definition) is 2. The Morgan fingerprint density at radius 1 is 1.12 bits per heavy atom. The van der Waals surface area contributed by atoms with Gasteiger partial charge in [-0.3, -0.25) is 4.79 Å². The van der Waals surface area contributed by atoms with Gasteiger partial charge in [0.1, 0.15) is 0 Å². The SMILES string of the molecule is CCc1ccccc1NC(=O)CSc1nnc(Cc2ccccc2)n1N. The number of benzene rings is 2. The van der Waals surface area contributed by atoms with Crippen LogP contribution in [0.5, 0.6) is 0 Å². The summed E-state index contributed by atoms with van der Waals surface area (Å²) >= 11 is 1.27. The quantitative estimate of drug-likeness (QED) is 0.495. The number of anilines is 1. The van der Waals surface area contributed by atoms with E-state index in [-0.39, 0.29) is 11.7 Å². The van der Waals surface area contributed by atoms with Crippen LogP contribution in [-0.2, 0) is 17.6 Å². The standard InChI is InChI=1S/C19H21N5OS/c1-2-15-10-6-7-11-16(15)21-18(25)13-26-19-23-22-17(24(19)20)12-14-8-4-3-5-9-14/h3-11H,2,12-13,20H2,1H3,(H,21,25). The minimum absolute atomic E-state index is 0.0940. The van der Waals surface area contributed by atoms with Gasteiger partial charge in [0.2, 0.25) is 11.1 Å². The number of carbonyl (C=O) groups is 1. The molecule has 6 nitrogen and oxygen atoms in total. The number of thioether (sulfide) groups is 1. The molecule has 0 saturated carbocycles. The Labute approximate surface area is 156 Å². The largest absolute Gasteiger partial charge is 0.336 e. The molecule has 0 aliphatic carbocycles. The van der Waals surface area contributed by atoms with Crippen LogP contribution in [0, 0.1) is 0 Å². The van der Waals surface area contributed by atoms with E-state index in [1.54, 1.807) is 0 Å². The Kier molecular flexibility index (Phi) is 5.91. The second kappa shape index (κ2) is 8.53. The highest BCUT2D eigenvalue weighted by molar-refractivity contribution is 7.99. The third kappa shape index (κ3) is 4.43. The molecule has 3 rings (SSSR count). The molecule has 0 atom stereocenters. The predicted molar refractivity (Wildman–Crippen MR) is 105 cm³/mol. The molecule has 0 saturated heterocycles. The first-order chi connectivity index (χ1) is 12.7. The van der Waals surface area contributed by atoms with Crippen LogP contribution in [0.3, 0.4) is 0 Å². The molecule has 7 heteroatoms. The van der Waals surface area contributed by atoms with Gasteiger partial charge in [0.05, 0.1) is 5.75 Å². The molecular formula is C19H21N5OS. The van der Waals surface area contributed by atoms with Crippen LogP contribution in [0.1, 0.15) is 23.9 Å². The Morgan fingerprint density at radius 3 is 2.62 bits per heavy atom. The van der Waals surface area contributed by atoms with E-state index >= 15 is 0 Å². The van der Waals surface area contributed by atoms with Crippen LogP contribution in [0.4, 0.5) is 5.69 Å². The molecule has 1 amide bonds. The number of aryl methyl sites for hydroxylation is 1. The molecular weight excluding hydrogens is 346 g/mol. The van der Waals surface area contributed by atoms with Gasteiger partial charge < -0.3 is 11.2 Å². The molecule has 2 aromatic carbocycles. The monoisotopic (exact) mass is 367 g/mol. The summed E-state index contributed by atoms with van der Waals surface area (Å²) in [7, 11) is 0. The first-order valence-corrected chi connectivity index (χ1v) is 9.39. The maximum atomic E-state index is 12.2. The van der Waals surface area contributed by atoms with Crippen molar-refractivity contribution in [2.75, 3.05) is 16.9 Å². The Morgan fingerprint density at radius 2 is 1.85 bits per heavy atom. The van der Waals surface area contributed by atoms with E-state index in [0.29, 0.717) is 17.4 Å². The molecule has 26 heavy (non-hydrogen) atoms. The van der Waals surface area contributed by atoms with Crippen molar-refractivity contribution in [1.82, 2.24) is 14.9 Å². The third-order valence-corrected chi connectivity index (χ3v) is 4.89. The maximum absolute atomic E-state index is 12.2. The van der Waals surface area contributed by atoms with Gasteiger partial charge in [-0.1, -0.05) is 67.2 Å². The average Bonchev–Trinajstić information content (AvgIpc) is 3.01. The summed E-state index contributed by atoms with van der Waals surface area (Å²) in [6, 6.07) is 17.7. The third-order valence-electron chi connectivity index (χ3n) is 3.94. The second-order valence-corrected chi connectivity index (χ2v) is 6.72. The van der Waals surface area contributed by atoms with E-state index in [9.17, 15) is 4.79 Å². The highest BCUT2D eigenvalue weighted by Gasteiger charge is 2.13. The van der Waals surface area contributed by atoms with Crippen LogP contribution in [-0.4, -0.2) is 26.5 Å². The number of nitrogens with one attached hydrogen (secondary N) is 1. The molecule has 0 radical (unpaired) electrons. The minimum Gasteiger partial charge on any atom is -0.336 e. The van der Waals surface area contributed by atoms with Crippen LogP contribution in [0.15, 0.2) is 59.8 Å². The van der Waals surface area contributed by atoms with Crippen molar-refractivity contribution in [1.29, 1.82) is 0 Å². The van der Waals surface area contributed by atoms with Crippen LogP contribution in [0.25, 0.3) is 0 Å². The molecule has 0 spiro atoms. The lowest BCUT2D eigenvalue weighted by Crippen LogP contribution is -2.18. The number of amides is 1. The predicted octanol–water partition coefficient (Wildman–Crippen LogP) is 2.88. The van der Waals surface area contributed by atoms with Gasteiger partial charge in [-0.15, -0.1) is 10.2 Å². The number of nitrogens with zero attached hydrogens (tertiary/aromatic N) is 3. The Balaban J connectivity index is 1.59. The number of aromatic nitrogens is 3. The number of nitrogen functional groups attached to an aromatic ring is 1. The Hall–Kier alpha value is -2.80. The molecule has 0 fully saturated rings. The number of rotatable bonds is 7. The van der Waals surface area contributed by atoms with Crippen molar-refractivity contribution in [3.05, 3.63) is 71.5 Å².